The summed E-state index contributed by atoms with van der Waals surface area (Å²) >= 11 is 0. The summed E-state index contributed by atoms with van der Waals surface area (Å²) < 4.78 is 5.03. The molecule has 0 saturated heterocycles. The van der Waals surface area contributed by atoms with Crippen molar-refractivity contribution in [2.45, 2.75) is 78.1 Å². The maximum atomic E-state index is 11.9. The average molecular weight is 499 g/mol. The van der Waals surface area contributed by atoms with Gasteiger partial charge < -0.3 is 15.2 Å². The summed E-state index contributed by atoms with van der Waals surface area (Å²) in [5, 5.41) is 14.4. The molecule has 36 heavy (non-hydrogen) atoms. The molecule has 1 aromatic carbocycles. The number of unbranched alkanes of at least 4 members (excludes halogenated alkanes) is 5. The molecule has 0 aromatic heterocycles. The van der Waals surface area contributed by atoms with Gasteiger partial charge in [-0.15, -0.1) is 0 Å². The number of carboxylic acids is 1. The van der Waals surface area contributed by atoms with E-state index in [2.05, 4.69) is 54.0 Å². The SMILES string of the molecule is CC/C=C\C/C=C\C/C=C\CCCCCCCC(=O)NCCOC(=O)Nc1ccc(C)c(C(=O)O)c1. The number of aromatic carboxylic acids is 1. The molecule has 0 saturated carbocycles. The van der Waals surface area contributed by atoms with Gasteiger partial charge in [0.15, 0.2) is 0 Å². The Hall–Kier alpha value is -3.35. The highest BCUT2D eigenvalue weighted by Crippen LogP contribution is 2.15. The molecule has 7 heteroatoms. The lowest BCUT2D eigenvalue weighted by Crippen LogP contribution is -2.28. The molecule has 0 bridgehead atoms. The normalized spacial score (nSPS) is 11.4. The first kappa shape index (κ1) is 30.7. The van der Waals surface area contributed by atoms with Gasteiger partial charge in [0.2, 0.25) is 5.91 Å². The predicted molar refractivity (Wildman–Crippen MR) is 145 cm³/mol. The highest BCUT2D eigenvalue weighted by molar-refractivity contribution is 5.92. The third-order valence-corrected chi connectivity index (χ3v) is 5.43. The Labute approximate surface area is 215 Å². The number of amides is 2. The Morgan fingerprint density at radius 3 is 2.31 bits per heavy atom. The van der Waals surface area contributed by atoms with Gasteiger partial charge in [0.1, 0.15) is 6.61 Å². The molecule has 0 unspecified atom stereocenters. The summed E-state index contributed by atoms with van der Waals surface area (Å²) in [5.41, 5.74) is 1.06. The van der Waals surface area contributed by atoms with E-state index in [1.54, 1.807) is 19.1 Å². The number of ether oxygens (including phenoxy) is 1. The van der Waals surface area contributed by atoms with Crippen LogP contribution in [0.4, 0.5) is 10.5 Å². The zero-order chi connectivity index (χ0) is 26.4. The maximum Gasteiger partial charge on any atom is 0.411 e. The first-order valence-electron chi connectivity index (χ1n) is 12.9. The first-order valence-corrected chi connectivity index (χ1v) is 12.9. The number of carboxylic acid groups (broad SMARTS) is 1. The molecule has 0 aliphatic heterocycles. The minimum Gasteiger partial charge on any atom is -0.478 e. The fourth-order valence-electron chi connectivity index (χ4n) is 3.41. The molecule has 0 spiro atoms. The van der Waals surface area contributed by atoms with Crippen molar-refractivity contribution in [3.05, 3.63) is 65.8 Å². The lowest BCUT2D eigenvalue weighted by atomic mass is 10.1. The fourth-order valence-corrected chi connectivity index (χ4v) is 3.41. The Balaban J connectivity index is 1.99. The number of carbonyl (C=O) groups is 3. The molecule has 0 atom stereocenters. The van der Waals surface area contributed by atoms with Gasteiger partial charge in [-0.2, -0.15) is 0 Å². The van der Waals surface area contributed by atoms with Gasteiger partial charge in [0.05, 0.1) is 12.1 Å². The van der Waals surface area contributed by atoms with Gasteiger partial charge >= 0.3 is 12.1 Å². The second kappa shape index (κ2) is 19.9. The van der Waals surface area contributed by atoms with Crippen LogP contribution in [0.1, 0.15) is 87.1 Å². The number of hydrogen-bond donors (Lipinski definition) is 3. The second-order valence-corrected chi connectivity index (χ2v) is 8.55. The lowest BCUT2D eigenvalue weighted by molar-refractivity contribution is -0.121. The number of anilines is 1. The van der Waals surface area contributed by atoms with Crippen molar-refractivity contribution in [2.24, 2.45) is 0 Å². The molecule has 1 aromatic rings. The quantitative estimate of drug-likeness (QED) is 0.150. The minimum absolute atomic E-state index is 0.0361. The van der Waals surface area contributed by atoms with E-state index >= 15 is 0 Å². The summed E-state index contributed by atoms with van der Waals surface area (Å²) in [6, 6.07) is 4.60. The molecule has 3 N–H and O–H groups in total. The van der Waals surface area contributed by atoms with Crippen LogP contribution >= 0.6 is 0 Å². The minimum atomic E-state index is -1.06. The first-order chi connectivity index (χ1) is 17.4. The summed E-state index contributed by atoms with van der Waals surface area (Å²) in [4.78, 5) is 34.9. The van der Waals surface area contributed by atoms with Crippen molar-refractivity contribution < 1.29 is 24.2 Å². The summed E-state index contributed by atoms with van der Waals surface area (Å²) in [5.74, 6) is -1.11. The molecule has 198 valence electrons. The Morgan fingerprint density at radius 1 is 0.917 bits per heavy atom. The molecule has 0 radical (unpaired) electrons. The number of nitrogens with one attached hydrogen (secondary N) is 2. The smallest absolute Gasteiger partial charge is 0.411 e. The van der Waals surface area contributed by atoms with Crippen LogP contribution in [0.25, 0.3) is 0 Å². The van der Waals surface area contributed by atoms with Crippen molar-refractivity contribution in [1.29, 1.82) is 0 Å². The van der Waals surface area contributed by atoms with Crippen LogP contribution in [0.15, 0.2) is 54.7 Å². The maximum absolute atomic E-state index is 11.9. The van der Waals surface area contributed by atoms with Crippen LogP contribution in [0, 0.1) is 6.92 Å². The largest absolute Gasteiger partial charge is 0.478 e. The molecule has 0 fully saturated rings. The van der Waals surface area contributed by atoms with Crippen molar-refractivity contribution >= 4 is 23.7 Å². The van der Waals surface area contributed by atoms with Crippen LogP contribution in [0.5, 0.6) is 0 Å². The van der Waals surface area contributed by atoms with Gasteiger partial charge in [-0.25, -0.2) is 9.59 Å². The summed E-state index contributed by atoms with van der Waals surface area (Å²) in [6.45, 7) is 4.09. The number of allylic oxidation sites excluding steroid dienone is 6. The third-order valence-electron chi connectivity index (χ3n) is 5.43. The van der Waals surface area contributed by atoms with Crippen LogP contribution in [0.3, 0.4) is 0 Å². The van der Waals surface area contributed by atoms with Crippen molar-refractivity contribution in [2.75, 3.05) is 18.5 Å². The molecule has 0 aliphatic rings. The van der Waals surface area contributed by atoms with Crippen LogP contribution < -0.4 is 10.6 Å². The van der Waals surface area contributed by atoms with E-state index in [-0.39, 0.29) is 24.6 Å². The van der Waals surface area contributed by atoms with E-state index in [1.807, 2.05) is 0 Å². The van der Waals surface area contributed by atoms with Crippen molar-refractivity contribution in [1.82, 2.24) is 5.32 Å². The van der Waals surface area contributed by atoms with Gasteiger partial charge in [-0.3, -0.25) is 10.1 Å². The number of carbonyl (C=O) groups excluding carboxylic acids is 2. The lowest BCUT2D eigenvalue weighted by Gasteiger charge is -2.09. The summed E-state index contributed by atoms with van der Waals surface area (Å²) in [6.07, 6.45) is 22.5. The van der Waals surface area contributed by atoms with E-state index in [0.29, 0.717) is 17.7 Å². The Bertz CT molecular complexity index is 890. The Morgan fingerprint density at radius 2 is 1.58 bits per heavy atom. The molecule has 1 rings (SSSR count). The molecular weight excluding hydrogens is 456 g/mol. The standard InChI is InChI=1S/C29H42N2O5/c1-3-4-5-6-7-8-9-10-11-12-13-14-15-16-17-18-27(32)30-21-22-36-29(35)31-25-20-19-24(2)26(23-25)28(33)34/h4-5,7-8,10-11,19-20,23H,3,6,9,12-18,21-22H2,1-2H3,(H,30,32)(H,31,35)(H,33,34)/b5-4-,8-7-,11-10-. The topological polar surface area (TPSA) is 105 Å². The number of rotatable bonds is 18. The fraction of sp³-hybridized carbons (Fsp3) is 0.483. The van der Waals surface area contributed by atoms with E-state index < -0.39 is 12.1 Å². The van der Waals surface area contributed by atoms with Gasteiger partial charge in [-0.05, 0) is 63.1 Å². The molecule has 2 amide bonds. The summed E-state index contributed by atoms with van der Waals surface area (Å²) in [7, 11) is 0. The van der Waals surface area contributed by atoms with Gasteiger partial charge in [0, 0.05) is 12.1 Å². The highest BCUT2D eigenvalue weighted by Gasteiger charge is 2.10. The average Bonchev–Trinajstić information content (AvgIpc) is 2.85. The van der Waals surface area contributed by atoms with E-state index in [4.69, 9.17) is 9.84 Å². The van der Waals surface area contributed by atoms with Gasteiger partial charge in [0.25, 0.3) is 0 Å². The zero-order valence-corrected chi connectivity index (χ0v) is 21.8. The highest BCUT2D eigenvalue weighted by atomic mass is 16.5. The van der Waals surface area contributed by atoms with Crippen LogP contribution in [-0.4, -0.2) is 36.2 Å². The third kappa shape index (κ3) is 15.5. The number of hydrogen-bond acceptors (Lipinski definition) is 4. The van der Waals surface area contributed by atoms with Gasteiger partial charge in [-0.1, -0.05) is 68.7 Å². The monoisotopic (exact) mass is 498 g/mol. The van der Waals surface area contributed by atoms with Crippen molar-refractivity contribution in [3.8, 4) is 0 Å². The molecule has 0 aliphatic carbocycles. The molecule has 0 heterocycles. The predicted octanol–water partition coefficient (Wildman–Crippen LogP) is 6.95. The van der Waals surface area contributed by atoms with E-state index in [0.717, 1.165) is 44.9 Å². The second-order valence-electron chi connectivity index (χ2n) is 8.55. The molecule has 7 nitrogen and oxygen atoms in total. The Kier molecular flexibility index (Phi) is 17.0. The molecular formula is C29H42N2O5. The number of aryl methyl sites for hydroxylation is 1. The van der Waals surface area contributed by atoms with E-state index in [9.17, 15) is 14.4 Å². The van der Waals surface area contributed by atoms with E-state index in [1.165, 1.54) is 18.9 Å². The van der Waals surface area contributed by atoms with Crippen LogP contribution in [0.2, 0.25) is 0 Å². The van der Waals surface area contributed by atoms with Crippen molar-refractivity contribution in [3.63, 3.8) is 0 Å². The number of benzene rings is 1. The van der Waals surface area contributed by atoms with Crippen LogP contribution in [-0.2, 0) is 9.53 Å². The zero-order valence-electron chi connectivity index (χ0n) is 21.8.